The van der Waals surface area contributed by atoms with Crippen LogP contribution in [0.5, 0.6) is 0 Å². The Bertz CT molecular complexity index is 746. The molecule has 0 aliphatic carbocycles. The quantitative estimate of drug-likeness (QED) is 0.889. The van der Waals surface area contributed by atoms with E-state index in [1.807, 2.05) is 12.1 Å². The van der Waals surface area contributed by atoms with Crippen LogP contribution in [0.15, 0.2) is 42.5 Å². The fourth-order valence-electron chi connectivity index (χ4n) is 3.26. The number of halogens is 2. The third-order valence-corrected chi connectivity index (χ3v) is 4.56. The number of amides is 1. The van der Waals surface area contributed by atoms with Gasteiger partial charge < -0.3 is 5.32 Å². The number of hydrogen-bond acceptors (Lipinski definition) is 2. The van der Waals surface area contributed by atoms with Crippen LogP contribution in [0.2, 0.25) is 0 Å². The molecule has 1 fully saturated rings. The second-order valence-electron chi connectivity index (χ2n) is 6.73. The van der Waals surface area contributed by atoms with Gasteiger partial charge in [0.25, 0.3) is 5.91 Å². The maximum Gasteiger partial charge on any atom is 0.258 e. The predicted octanol–water partition coefficient (Wildman–Crippen LogP) is 4.45. The van der Waals surface area contributed by atoms with E-state index in [1.54, 1.807) is 12.1 Å². The summed E-state index contributed by atoms with van der Waals surface area (Å²) >= 11 is 0. The summed E-state index contributed by atoms with van der Waals surface area (Å²) in [5, 5.41) is 2.60. The smallest absolute Gasteiger partial charge is 0.258 e. The number of rotatable bonds is 4. The molecule has 0 radical (unpaired) electrons. The van der Waals surface area contributed by atoms with E-state index >= 15 is 0 Å². The molecule has 1 aliphatic heterocycles. The Morgan fingerprint density at radius 2 is 1.96 bits per heavy atom. The Balaban J connectivity index is 1.62. The third-order valence-electron chi connectivity index (χ3n) is 4.56. The predicted molar refractivity (Wildman–Crippen MR) is 94.4 cm³/mol. The van der Waals surface area contributed by atoms with Gasteiger partial charge in [0.2, 0.25) is 0 Å². The molecule has 1 heterocycles. The van der Waals surface area contributed by atoms with Crippen molar-refractivity contribution in [2.24, 2.45) is 5.92 Å². The van der Waals surface area contributed by atoms with Gasteiger partial charge in [-0.15, -0.1) is 0 Å². The molecule has 2 aromatic carbocycles. The number of hydrogen-bond donors (Lipinski definition) is 1. The number of nitrogens with zero attached hydrogens (tertiary/aromatic N) is 1. The van der Waals surface area contributed by atoms with Crippen LogP contribution in [0.4, 0.5) is 14.5 Å². The van der Waals surface area contributed by atoms with E-state index in [2.05, 4.69) is 17.1 Å². The largest absolute Gasteiger partial charge is 0.322 e. The van der Waals surface area contributed by atoms with E-state index in [0.717, 1.165) is 31.6 Å². The van der Waals surface area contributed by atoms with Crippen LogP contribution in [0.25, 0.3) is 0 Å². The zero-order chi connectivity index (χ0) is 17.8. The number of carbonyl (C=O) groups is 1. The number of benzene rings is 2. The number of likely N-dealkylation sites (tertiary alicyclic amines) is 1. The first-order valence-corrected chi connectivity index (χ1v) is 8.59. The third kappa shape index (κ3) is 4.42. The van der Waals surface area contributed by atoms with Gasteiger partial charge in [0.1, 0.15) is 0 Å². The highest BCUT2D eigenvalue weighted by Crippen LogP contribution is 2.19. The zero-order valence-corrected chi connectivity index (χ0v) is 14.3. The molecule has 1 N–H and O–H groups in total. The standard InChI is InChI=1S/C20H22F2N2O/c1-14-4-3-11-24(12-14)13-15-7-9-16(10-8-15)23-20(25)17-5-2-6-18(21)19(17)22/h2,5-10,14H,3-4,11-13H2,1H3,(H,23,25). The van der Waals surface area contributed by atoms with Gasteiger partial charge in [0.05, 0.1) is 5.56 Å². The Morgan fingerprint density at radius 1 is 1.20 bits per heavy atom. The molecule has 0 saturated carbocycles. The van der Waals surface area contributed by atoms with E-state index in [4.69, 9.17) is 0 Å². The lowest BCUT2D eigenvalue weighted by Gasteiger charge is -2.30. The molecule has 0 bridgehead atoms. The fraction of sp³-hybridized carbons (Fsp3) is 0.350. The first-order chi connectivity index (χ1) is 12.0. The maximum atomic E-state index is 13.7. The molecular weight excluding hydrogens is 322 g/mol. The molecule has 2 aromatic rings. The van der Waals surface area contributed by atoms with Crippen molar-refractivity contribution in [2.75, 3.05) is 18.4 Å². The van der Waals surface area contributed by atoms with Crippen LogP contribution >= 0.6 is 0 Å². The second-order valence-corrected chi connectivity index (χ2v) is 6.73. The van der Waals surface area contributed by atoms with E-state index in [1.165, 1.54) is 30.5 Å². The molecule has 132 valence electrons. The summed E-state index contributed by atoms with van der Waals surface area (Å²) in [5.41, 5.74) is 1.43. The van der Waals surface area contributed by atoms with Gasteiger partial charge in [-0.25, -0.2) is 8.78 Å². The minimum atomic E-state index is -1.13. The lowest BCUT2D eigenvalue weighted by molar-refractivity contribution is 0.102. The maximum absolute atomic E-state index is 13.7. The summed E-state index contributed by atoms with van der Waals surface area (Å²) in [4.78, 5) is 14.5. The number of nitrogens with one attached hydrogen (secondary N) is 1. The summed E-state index contributed by atoms with van der Waals surface area (Å²) in [6.45, 7) is 5.38. The number of piperidine rings is 1. The monoisotopic (exact) mass is 344 g/mol. The Kier molecular flexibility index (Phi) is 5.43. The van der Waals surface area contributed by atoms with Crippen LogP contribution in [-0.4, -0.2) is 23.9 Å². The Morgan fingerprint density at radius 3 is 2.68 bits per heavy atom. The second kappa shape index (κ2) is 7.74. The average molecular weight is 344 g/mol. The van der Waals surface area contributed by atoms with Gasteiger partial charge in [0, 0.05) is 18.8 Å². The molecule has 0 spiro atoms. The molecule has 5 heteroatoms. The lowest BCUT2D eigenvalue weighted by Crippen LogP contribution is -2.33. The van der Waals surface area contributed by atoms with E-state index in [0.29, 0.717) is 5.69 Å². The van der Waals surface area contributed by atoms with Crippen LogP contribution in [0, 0.1) is 17.6 Å². The Labute approximate surface area is 146 Å². The van der Waals surface area contributed by atoms with Crippen molar-refractivity contribution in [3.05, 3.63) is 65.2 Å². The van der Waals surface area contributed by atoms with Gasteiger partial charge in [-0.3, -0.25) is 9.69 Å². The van der Waals surface area contributed by atoms with Crippen LogP contribution in [-0.2, 0) is 6.54 Å². The van der Waals surface area contributed by atoms with Gasteiger partial charge in [-0.2, -0.15) is 0 Å². The fourth-order valence-corrected chi connectivity index (χ4v) is 3.26. The Hall–Kier alpha value is -2.27. The van der Waals surface area contributed by atoms with Crippen molar-refractivity contribution in [3.63, 3.8) is 0 Å². The average Bonchev–Trinajstić information content (AvgIpc) is 2.59. The molecule has 1 aliphatic rings. The summed E-state index contributed by atoms with van der Waals surface area (Å²) in [6, 6.07) is 11.1. The van der Waals surface area contributed by atoms with Crippen molar-refractivity contribution in [1.82, 2.24) is 4.90 Å². The van der Waals surface area contributed by atoms with Crippen LogP contribution in [0.1, 0.15) is 35.7 Å². The molecule has 3 rings (SSSR count). The molecule has 1 unspecified atom stereocenters. The molecule has 1 atom stereocenters. The highest BCUT2D eigenvalue weighted by molar-refractivity contribution is 6.04. The normalized spacial score (nSPS) is 18.1. The summed E-state index contributed by atoms with van der Waals surface area (Å²) < 4.78 is 26.9. The minimum absolute atomic E-state index is 0.300. The summed E-state index contributed by atoms with van der Waals surface area (Å²) in [7, 11) is 0. The molecule has 0 aromatic heterocycles. The highest BCUT2D eigenvalue weighted by Gasteiger charge is 2.17. The summed E-state index contributed by atoms with van der Waals surface area (Å²) in [6.07, 6.45) is 2.52. The highest BCUT2D eigenvalue weighted by atomic mass is 19.2. The van der Waals surface area contributed by atoms with E-state index in [-0.39, 0.29) is 5.56 Å². The van der Waals surface area contributed by atoms with E-state index in [9.17, 15) is 13.6 Å². The van der Waals surface area contributed by atoms with Gasteiger partial charge in [-0.05, 0) is 55.1 Å². The van der Waals surface area contributed by atoms with Crippen molar-refractivity contribution in [3.8, 4) is 0 Å². The minimum Gasteiger partial charge on any atom is -0.322 e. The van der Waals surface area contributed by atoms with Crippen molar-refractivity contribution < 1.29 is 13.6 Å². The molecular formula is C20H22F2N2O. The van der Waals surface area contributed by atoms with Crippen LogP contribution in [0.3, 0.4) is 0 Å². The summed E-state index contributed by atoms with van der Waals surface area (Å²) in [5.74, 6) is -2.09. The van der Waals surface area contributed by atoms with Crippen LogP contribution < -0.4 is 5.32 Å². The molecule has 3 nitrogen and oxygen atoms in total. The van der Waals surface area contributed by atoms with Gasteiger partial charge in [-0.1, -0.05) is 25.1 Å². The zero-order valence-electron chi connectivity index (χ0n) is 14.3. The van der Waals surface area contributed by atoms with E-state index < -0.39 is 17.5 Å². The first kappa shape index (κ1) is 17.5. The van der Waals surface area contributed by atoms with Gasteiger partial charge in [0.15, 0.2) is 11.6 Å². The van der Waals surface area contributed by atoms with Crippen molar-refractivity contribution in [2.45, 2.75) is 26.3 Å². The van der Waals surface area contributed by atoms with Crippen molar-refractivity contribution in [1.29, 1.82) is 0 Å². The lowest BCUT2D eigenvalue weighted by atomic mass is 10.00. The molecule has 1 saturated heterocycles. The number of anilines is 1. The van der Waals surface area contributed by atoms with Crippen molar-refractivity contribution >= 4 is 11.6 Å². The van der Waals surface area contributed by atoms with Gasteiger partial charge >= 0.3 is 0 Å². The number of carbonyl (C=O) groups excluding carboxylic acids is 1. The molecule has 1 amide bonds. The SMILES string of the molecule is CC1CCCN(Cc2ccc(NC(=O)c3cccc(F)c3F)cc2)C1. The molecule has 25 heavy (non-hydrogen) atoms. The topological polar surface area (TPSA) is 32.3 Å². The first-order valence-electron chi connectivity index (χ1n) is 8.59.